The van der Waals surface area contributed by atoms with E-state index in [1.54, 1.807) is 0 Å². The van der Waals surface area contributed by atoms with Gasteiger partial charge in [-0.15, -0.1) is 0 Å². The van der Waals surface area contributed by atoms with Crippen LogP contribution in [-0.2, 0) is 9.59 Å². The third kappa shape index (κ3) is 4.50. The van der Waals surface area contributed by atoms with Gasteiger partial charge in [0.2, 0.25) is 11.8 Å². The van der Waals surface area contributed by atoms with E-state index in [4.69, 9.17) is 0 Å². The summed E-state index contributed by atoms with van der Waals surface area (Å²) in [5.41, 5.74) is 0. The fourth-order valence-corrected chi connectivity index (χ4v) is 4.53. The number of rotatable bonds is 5. The van der Waals surface area contributed by atoms with Gasteiger partial charge in [-0.1, -0.05) is 6.92 Å². The average Bonchev–Trinajstić information content (AvgIpc) is 2.98. The van der Waals surface area contributed by atoms with Gasteiger partial charge in [0.25, 0.3) is 0 Å². The molecule has 2 N–H and O–H groups in total. The number of likely N-dealkylation sites (tertiary alicyclic amines) is 1. The summed E-state index contributed by atoms with van der Waals surface area (Å²) in [7, 11) is 0. The molecular formula is C19H33N3O2. The summed E-state index contributed by atoms with van der Waals surface area (Å²) in [5.74, 6) is 1.60. The van der Waals surface area contributed by atoms with Crippen molar-refractivity contribution in [1.82, 2.24) is 15.5 Å². The fraction of sp³-hybridized carbons (Fsp3) is 0.895. The number of amides is 2. The maximum absolute atomic E-state index is 12.4. The Balaban J connectivity index is 1.40. The van der Waals surface area contributed by atoms with Gasteiger partial charge in [0, 0.05) is 25.6 Å². The molecule has 1 saturated carbocycles. The fourth-order valence-electron chi connectivity index (χ4n) is 4.53. The van der Waals surface area contributed by atoms with E-state index in [1.165, 1.54) is 25.7 Å². The van der Waals surface area contributed by atoms with Crippen molar-refractivity contribution < 1.29 is 9.59 Å². The van der Waals surface area contributed by atoms with E-state index in [2.05, 4.69) is 17.6 Å². The Morgan fingerprint density at radius 2 is 2.04 bits per heavy atom. The van der Waals surface area contributed by atoms with Crippen LogP contribution >= 0.6 is 0 Å². The first kappa shape index (κ1) is 17.7. The van der Waals surface area contributed by atoms with Crippen molar-refractivity contribution in [3.05, 3.63) is 0 Å². The minimum atomic E-state index is -0.138. The number of nitrogens with one attached hydrogen (secondary N) is 2. The van der Waals surface area contributed by atoms with Gasteiger partial charge < -0.3 is 15.5 Å². The highest BCUT2D eigenvalue weighted by Gasteiger charge is 2.38. The predicted molar refractivity (Wildman–Crippen MR) is 94.5 cm³/mol. The quantitative estimate of drug-likeness (QED) is 0.807. The van der Waals surface area contributed by atoms with E-state index >= 15 is 0 Å². The Morgan fingerprint density at radius 1 is 1.25 bits per heavy atom. The molecule has 0 radical (unpaired) electrons. The highest BCUT2D eigenvalue weighted by Crippen LogP contribution is 2.31. The smallest absolute Gasteiger partial charge is 0.225 e. The van der Waals surface area contributed by atoms with Crippen LogP contribution < -0.4 is 10.6 Å². The maximum Gasteiger partial charge on any atom is 0.225 e. The average molecular weight is 335 g/mol. The molecular weight excluding hydrogens is 302 g/mol. The normalized spacial score (nSPS) is 34.4. The zero-order valence-electron chi connectivity index (χ0n) is 15.1. The topological polar surface area (TPSA) is 61.4 Å². The van der Waals surface area contributed by atoms with Gasteiger partial charge in [-0.05, 0) is 69.9 Å². The summed E-state index contributed by atoms with van der Waals surface area (Å²) in [6.07, 6.45) is 8.59. The molecule has 2 heterocycles. The SMILES string of the molecule is CC1CCC(N2CC(C(=O)NCCC3CCCNC3)CC2=O)CC1. The number of piperidine rings is 1. The van der Waals surface area contributed by atoms with Crippen molar-refractivity contribution in [3.8, 4) is 0 Å². The van der Waals surface area contributed by atoms with Gasteiger partial charge in [0.05, 0.1) is 5.92 Å². The Hall–Kier alpha value is -1.10. The molecule has 0 spiro atoms. The van der Waals surface area contributed by atoms with E-state index in [-0.39, 0.29) is 17.7 Å². The van der Waals surface area contributed by atoms with Gasteiger partial charge in [-0.2, -0.15) is 0 Å². The lowest BCUT2D eigenvalue weighted by Gasteiger charge is -2.33. The Morgan fingerprint density at radius 3 is 2.75 bits per heavy atom. The van der Waals surface area contributed by atoms with E-state index in [0.29, 0.717) is 24.9 Å². The van der Waals surface area contributed by atoms with Crippen molar-refractivity contribution in [3.63, 3.8) is 0 Å². The molecule has 1 aliphatic carbocycles. The monoisotopic (exact) mass is 335 g/mol. The molecule has 5 heteroatoms. The second-order valence-electron chi connectivity index (χ2n) is 8.15. The summed E-state index contributed by atoms with van der Waals surface area (Å²) in [6, 6.07) is 0.375. The first-order chi connectivity index (χ1) is 11.6. The zero-order valence-corrected chi connectivity index (χ0v) is 15.1. The number of hydrogen-bond acceptors (Lipinski definition) is 3. The summed E-state index contributed by atoms with van der Waals surface area (Å²) in [5, 5.41) is 6.49. The molecule has 3 aliphatic rings. The molecule has 5 nitrogen and oxygen atoms in total. The van der Waals surface area contributed by atoms with Crippen molar-refractivity contribution >= 4 is 11.8 Å². The Bertz CT molecular complexity index is 440. The van der Waals surface area contributed by atoms with Crippen LogP contribution in [0.5, 0.6) is 0 Å². The minimum Gasteiger partial charge on any atom is -0.356 e. The first-order valence-corrected chi connectivity index (χ1v) is 9.91. The summed E-state index contributed by atoms with van der Waals surface area (Å²) in [4.78, 5) is 26.7. The van der Waals surface area contributed by atoms with Crippen LogP contribution in [0.1, 0.15) is 58.3 Å². The summed E-state index contributed by atoms with van der Waals surface area (Å²) < 4.78 is 0. The first-order valence-electron chi connectivity index (χ1n) is 9.91. The molecule has 136 valence electrons. The second kappa shape index (κ2) is 8.32. The molecule has 2 unspecified atom stereocenters. The lowest BCUT2D eigenvalue weighted by Crippen LogP contribution is -2.40. The molecule has 2 saturated heterocycles. The maximum atomic E-state index is 12.4. The highest BCUT2D eigenvalue weighted by molar-refractivity contribution is 5.89. The standard InChI is InChI=1S/C19H33N3O2/c1-14-4-6-17(7-5-14)22-13-16(11-18(22)23)19(24)21-10-8-15-3-2-9-20-12-15/h14-17,20H,2-13H2,1H3,(H,21,24). The van der Waals surface area contributed by atoms with Crippen molar-refractivity contribution in [2.24, 2.45) is 17.8 Å². The lowest BCUT2D eigenvalue weighted by atomic mass is 9.87. The van der Waals surface area contributed by atoms with E-state index in [0.717, 1.165) is 44.8 Å². The summed E-state index contributed by atoms with van der Waals surface area (Å²) >= 11 is 0. The Kier molecular flexibility index (Phi) is 6.14. The molecule has 2 amide bonds. The molecule has 0 aromatic heterocycles. The molecule has 0 aromatic carbocycles. The van der Waals surface area contributed by atoms with Gasteiger partial charge in [-0.25, -0.2) is 0 Å². The number of nitrogens with zero attached hydrogens (tertiary/aromatic N) is 1. The van der Waals surface area contributed by atoms with Gasteiger partial charge in [0.15, 0.2) is 0 Å². The molecule has 3 fully saturated rings. The number of carbonyl (C=O) groups is 2. The molecule has 0 bridgehead atoms. The third-order valence-corrected chi connectivity index (χ3v) is 6.21. The van der Waals surface area contributed by atoms with Crippen molar-refractivity contribution in [2.45, 2.75) is 64.3 Å². The van der Waals surface area contributed by atoms with Gasteiger partial charge >= 0.3 is 0 Å². The van der Waals surface area contributed by atoms with Crippen LogP contribution in [0.25, 0.3) is 0 Å². The van der Waals surface area contributed by atoms with E-state index in [1.807, 2.05) is 4.90 Å². The van der Waals surface area contributed by atoms with Crippen LogP contribution in [0.2, 0.25) is 0 Å². The van der Waals surface area contributed by atoms with Crippen LogP contribution in [0.3, 0.4) is 0 Å². The van der Waals surface area contributed by atoms with Crippen molar-refractivity contribution in [1.29, 1.82) is 0 Å². The lowest BCUT2D eigenvalue weighted by molar-refractivity contribution is -0.130. The number of carbonyl (C=O) groups excluding carboxylic acids is 2. The minimum absolute atomic E-state index is 0.0822. The van der Waals surface area contributed by atoms with Crippen LogP contribution in [0.15, 0.2) is 0 Å². The van der Waals surface area contributed by atoms with E-state index in [9.17, 15) is 9.59 Å². The van der Waals surface area contributed by atoms with Crippen LogP contribution in [-0.4, -0.2) is 48.9 Å². The van der Waals surface area contributed by atoms with Crippen molar-refractivity contribution in [2.75, 3.05) is 26.2 Å². The summed E-state index contributed by atoms with van der Waals surface area (Å²) in [6.45, 7) is 5.88. The largest absolute Gasteiger partial charge is 0.356 e. The van der Waals surface area contributed by atoms with Gasteiger partial charge in [-0.3, -0.25) is 9.59 Å². The molecule has 2 aliphatic heterocycles. The van der Waals surface area contributed by atoms with Crippen LogP contribution in [0.4, 0.5) is 0 Å². The predicted octanol–water partition coefficient (Wildman–Crippen LogP) is 1.92. The van der Waals surface area contributed by atoms with E-state index < -0.39 is 0 Å². The molecule has 2 atom stereocenters. The van der Waals surface area contributed by atoms with Crippen LogP contribution in [0, 0.1) is 17.8 Å². The zero-order chi connectivity index (χ0) is 16.9. The molecule has 24 heavy (non-hydrogen) atoms. The van der Waals surface area contributed by atoms with Gasteiger partial charge in [0.1, 0.15) is 0 Å². The Labute approximate surface area is 145 Å². The second-order valence-corrected chi connectivity index (χ2v) is 8.15. The molecule has 3 rings (SSSR count). The third-order valence-electron chi connectivity index (χ3n) is 6.21. The highest BCUT2D eigenvalue weighted by atomic mass is 16.2. The number of hydrogen-bond donors (Lipinski definition) is 2. The molecule has 0 aromatic rings.